The molecule has 0 bridgehead atoms. The first-order valence-electron chi connectivity index (χ1n) is 11.8. The lowest BCUT2D eigenvalue weighted by Crippen LogP contribution is -2.62. The Morgan fingerprint density at radius 3 is 2.12 bits per heavy atom. The van der Waals surface area contributed by atoms with E-state index in [1.165, 1.54) is 0 Å². The van der Waals surface area contributed by atoms with Gasteiger partial charge in [-0.1, -0.05) is 57.9 Å². The number of carboxylic acid groups (broad SMARTS) is 1. The van der Waals surface area contributed by atoms with E-state index in [-0.39, 0.29) is 78.4 Å². The van der Waals surface area contributed by atoms with Gasteiger partial charge in [-0.2, -0.15) is 0 Å². The topological polar surface area (TPSA) is 98.0 Å². The van der Waals surface area contributed by atoms with Crippen molar-refractivity contribution in [2.24, 2.45) is 46.3 Å². The third-order valence-electron chi connectivity index (χ3n) is 10.3. The Balaban J connectivity index is 0. The zero-order chi connectivity index (χ0) is 21.1. The van der Waals surface area contributed by atoms with Gasteiger partial charge in [-0.25, -0.2) is 0 Å². The molecule has 0 spiro atoms. The average Bonchev–Trinajstić information content (AvgIpc) is 3.01. The number of aliphatic carboxylic acids is 1. The number of aliphatic hydroxyl groups is 3. The summed E-state index contributed by atoms with van der Waals surface area (Å²) in [4.78, 5) is 11.1. The van der Waals surface area contributed by atoms with Crippen molar-refractivity contribution in [2.45, 2.75) is 134 Å². The van der Waals surface area contributed by atoms with Crippen LogP contribution in [0.4, 0.5) is 0 Å². The molecule has 0 aromatic rings. The molecular weight excluding hydrogens is 428 g/mol. The largest absolute Gasteiger partial charge is 0.481 e. The van der Waals surface area contributed by atoms with Gasteiger partial charge in [-0.15, -0.1) is 0 Å². The van der Waals surface area contributed by atoms with Gasteiger partial charge in [0.05, 0.1) is 18.3 Å². The molecular formula is C29H60O5. The number of hydrogen-bond acceptors (Lipinski definition) is 4. The Morgan fingerprint density at radius 1 is 0.912 bits per heavy atom. The Kier molecular flexibility index (Phi) is 13.1. The van der Waals surface area contributed by atoms with Crippen LogP contribution in [0, 0.1) is 46.3 Å². The fourth-order valence-corrected chi connectivity index (χ4v) is 8.68. The number of rotatable bonds is 4. The second-order valence-corrected chi connectivity index (χ2v) is 11.4. The minimum absolute atomic E-state index is 0. The molecule has 4 aliphatic rings. The van der Waals surface area contributed by atoms with Crippen molar-refractivity contribution in [3.8, 4) is 0 Å². The van der Waals surface area contributed by atoms with Crippen molar-refractivity contribution in [1.29, 1.82) is 0 Å². The van der Waals surface area contributed by atoms with Gasteiger partial charge in [0.15, 0.2) is 0 Å². The summed E-state index contributed by atoms with van der Waals surface area (Å²) in [6.07, 6.45) is 6.00. The van der Waals surface area contributed by atoms with Crippen LogP contribution in [0.3, 0.4) is 0 Å². The molecule has 0 aromatic heterocycles. The van der Waals surface area contributed by atoms with Gasteiger partial charge in [0.1, 0.15) is 0 Å². The van der Waals surface area contributed by atoms with E-state index in [9.17, 15) is 20.1 Å². The van der Waals surface area contributed by atoms with Crippen LogP contribution in [0.25, 0.3) is 0 Å². The van der Waals surface area contributed by atoms with E-state index in [4.69, 9.17) is 5.11 Å². The predicted octanol–water partition coefficient (Wildman–Crippen LogP) is 6.63. The van der Waals surface area contributed by atoms with E-state index in [1.54, 1.807) is 0 Å². The molecule has 0 radical (unpaired) electrons. The number of hydrogen-bond donors (Lipinski definition) is 4. The Bertz CT molecular complexity index is 638. The van der Waals surface area contributed by atoms with Crippen LogP contribution >= 0.6 is 0 Å². The van der Waals surface area contributed by atoms with E-state index >= 15 is 0 Å². The molecule has 5 unspecified atom stereocenters. The monoisotopic (exact) mass is 488 g/mol. The molecule has 4 N–H and O–H groups in total. The molecule has 0 saturated heterocycles. The molecule has 0 aromatic carbocycles. The summed E-state index contributed by atoms with van der Waals surface area (Å²) in [6, 6.07) is 0. The maximum absolute atomic E-state index is 11.5. The summed E-state index contributed by atoms with van der Waals surface area (Å²) in [5.41, 5.74) is -0.143. The van der Waals surface area contributed by atoms with Crippen LogP contribution in [0.1, 0.15) is 116 Å². The molecule has 5 nitrogen and oxygen atoms in total. The summed E-state index contributed by atoms with van der Waals surface area (Å²) in [6.45, 7) is 6.72. The van der Waals surface area contributed by atoms with Crippen molar-refractivity contribution >= 4 is 5.97 Å². The zero-order valence-electron chi connectivity index (χ0n) is 18.3. The van der Waals surface area contributed by atoms with Gasteiger partial charge >= 0.3 is 5.97 Å². The smallest absolute Gasteiger partial charge is 0.303 e. The number of aliphatic hydroxyl groups excluding tert-OH is 3. The molecule has 5 heteroatoms. The second-order valence-electron chi connectivity index (χ2n) is 11.4. The number of carboxylic acids is 1. The highest BCUT2D eigenvalue weighted by molar-refractivity contribution is 5.66. The van der Waals surface area contributed by atoms with Crippen LogP contribution in [0.15, 0.2) is 0 Å². The molecule has 0 heterocycles. The Labute approximate surface area is 211 Å². The summed E-state index contributed by atoms with van der Waals surface area (Å²) >= 11 is 0. The van der Waals surface area contributed by atoms with E-state index in [0.29, 0.717) is 30.1 Å². The molecule has 0 aliphatic heterocycles. The van der Waals surface area contributed by atoms with Gasteiger partial charge in [0.25, 0.3) is 0 Å². The highest BCUT2D eigenvalue weighted by Gasteiger charge is 2.65. The molecule has 4 aliphatic carbocycles. The highest BCUT2D eigenvalue weighted by Crippen LogP contribution is 2.68. The summed E-state index contributed by atoms with van der Waals surface area (Å²) in [5, 5.41) is 42.0. The van der Waals surface area contributed by atoms with E-state index in [2.05, 4.69) is 20.8 Å². The average molecular weight is 489 g/mol. The quantitative estimate of drug-likeness (QED) is 0.356. The third-order valence-corrected chi connectivity index (χ3v) is 10.3. The minimum Gasteiger partial charge on any atom is -0.481 e. The Morgan fingerprint density at radius 2 is 1.53 bits per heavy atom. The second kappa shape index (κ2) is 12.5. The molecule has 4 saturated carbocycles. The fourth-order valence-electron chi connectivity index (χ4n) is 8.68. The number of fused-ring (bicyclic) bond motifs is 5. The van der Waals surface area contributed by atoms with E-state index in [0.717, 1.165) is 44.9 Å². The predicted molar refractivity (Wildman–Crippen MR) is 144 cm³/mol. The maximum atomic E-state index is 11.5. The van der Waals surface area contributed by atoms with Crippen molar-refractivity contribution in [1.82, 2.24) is 0 Å². The molecule has 4 rings (SSSR count). The lowest BCUT2D eigenvalue weighted by molar-refractivity contribution is -0.207. The maximum Gasteiger partial charge on any atom is 0.303 e. The van der Waals surface area contributed by atoms with Crippen LogP contribution in [-0.2, 0) is 4.79 Å². The van der Waals surface area contributed by atoms with Crippen LogP contribution in [0.2, 0.25) is 0 Å². The van der Waals surface area contributed by atoms with Crippen molar-refractivity contribution in [3.05, 3.63) is 0 Å². The summed E-state index contributed by atoms with van der Waals surface area (Å²) < 4.78 is 0. The lowest BCUT2D eigenvalue weighted by atomic mass is 9.43. The highest BCUT2D eigenvalue weighted by atomic mass is 16.4. The van der Waals surface area contributed by atoms with Gasteiger partial charge in [-0.05, 0) is 97.7 Å². The molecule has 4 fully saturated rings. The SMILES string of the molecule is C.C.C.C.C.C[C@H](CCC(=O)O)[C@H]1CCC2C3C(C[C@H](O)C21C)[C@@]1(C)CC[C@@H](O)CC1C[C@H]3O. The first kappa shape index (κ1) is 35.5. The van der Waals surface area contributed by atoms with E-state index in [1.807, 2.05) is 0 Å². The zero-order valence-corrected chi connectivity index (χ0v) is 18.3. The normalized spacial score (nSPS) is 45.1. The van der Waals surface area contributed by atoms with Crippen molar-refractivity contribution < 1.29 is 25.2 Å². The van der Waals surface area contributed by atoms with Crippen LogP contribution < -0.4 is 0 Å². The standard InChI is InChI=1S/C24H40O5.5CH4/c1-13(4-7-21(28)29)16-5-6-17-22-18(12-20(27)24(16,17)3)23(2)9-8-15(25)10-14(23)11-19(22)26;;;;;/h13-20,22,25-27H,4-12H2,1-3H3,(H,28,29);5*1H4/t13-,14?,15-,16-,17?,18?,19-,20+,22?,23+,24?;;;;;/m1...../s1. The molecule has 206 valence electrons. The van der Waals surface area contributed by atoms with Gasteiger partial charge in [-0.3, -0.25) is 4.79 Å². The minimum atomic E-state index is -0.748. The Hall–Kier alpha value is -0.650. The lowest BCUT2D eigenvalue weighted by Gasteiger charge is -2.63. The van der Waals surface area contributed by atoms with Gasteiger partial charge < -0.3 is 20.4 Å². The number of carbonyl (C=O) groups is 1. The third kappa shape index (κ3) is 5.37. The van der Waals surface area contributed by atoms with Gasteiger partial charge in [0, 0.05) is 6.42 Å². The van der Waals surface area contributed by atoms with Gasteiger partial charge in [0.2, 0.25) is 0 Å². The van der Waals surface area contributed by atoms with Crippen LogP contribution in [-0.4, -0.2) is 44.7 Å². The first-order chi connectivity index (χ1) is 13.6. The van der Waals surface area contributed by atoms with Crippen molar-refractivity contribution in [2.75, 3.05) is 0 Å². The molecule has 34 heavy (non-hydrogen) atoms. The van der Waals surface area contributed by atoms with Crippen molar-refractivity contribution in [3.63, 3.8) is 0 Å². The summed E-state index contributed by atoms with van der Waals surface area (Å²) in [7, 11) is 0. The summed E-state index contributed by atoms with van der Waals surface area (Å²) in [5.74, 6) is 0.997. The van der Waals surface area contributed by atoms with E-state index < -0.39 is 12.1 Å². The first-order valence-corrected chi connectivity index (χ1v) is 11.8. The molecule has 11 atom stereocenters. The fraction of sp³-hybridized carbons (Fsp3) is 0.966. The molecule has 0 amide bonds. The van der Waals surface area contributed by atoms with Crippen LogP contribution in [0.5, 0.6) is 0 Å².